The zero-order valence-electron chi connectivity index (χ0n) is 9.77. The third-order valence-electron chi connectivity index (χ3n) is 2.13. The van der Waals surface area contributed by atoms with Gasteiger partial charge in [0, 0.05) is 18.3 Å². The minimum Gasteiger partial charge on any atom is -0.409 e. The number of anilines is 2. The zero-order valence-corrected chi connectivity index (χ0v) is 9.77. The highest BCUT2D eigenvalue weighted by atomic mass is 16.4. The number of amides is 1. The number of oxime groups is 1. The second kappa shape index (κ2) is 5.74. The van der Waals surface area contributed by atoms with Crippen molar-refractivity contribution in [2.24, 2.45) is 10.9 Å². The summed E-state index contributed by atoms with van der Waals surface area (Å²) in [6.07, 6.45) is 0. The molecule has 1 unspecified atom stereocenters. The van der Waals surface area contributed by atoms with Gasteiger partial charge in [-0.15, -0.1) is 0 Å². The number of nitrogens with zero attached hydrogens (tertiary/aromatic N) is 1. The molecule has 1 aromatic rings. The van der Waals surface area contributed by atoms with E-state index in [9.17, 15) is 4.79 Å². The summed E-state index contributed by atoms with van der Waals surface area (Å²) in [7, 11) is 0. The predicted octanol–water partition coefficient (Wildman–Crippen LogP) is 1.19. The lowest BCUT2D eigenvalue weighted by Crippen LogP contribution is -2.32. The van der Waals surface area contributed by atoms with E-state index in [2.05, 4.69) is 15.8 Å². The number of nitrogens with two attached hydrogens (primary N) is 1. The van der Waals surface area contributed by atoms with Crippen LogP contribution in [0.4, 0.5) is 11.4 Å². The third-order valence-corrected chi connectivity index (χ3v) is 2.13. The molecule has 0 saturated carbocycles. The van der Waals surface area contributed by atoms with Gasteiger partial charge in [-0.2, -0.15) is 0 Å². The standard InChI is InChI=1S/C11H16N4O2/c1-7(11(12)15-17)13-9-4-3-5-10(6-9)14-8(2)16/h3-7,13,17H,1-2H3,(H2,12,15)(H,14,16). The number of nitrogens with one attached hydrogen (secondary N) is 2. The molecule has 1 amide bonds. The summed E-state index contributed by atoms with van der Waals surface area (Å²) in [6.45, 7) is 3.21. The molecule has 0 aromatic heterocycles. The molecular weight excluding hydrogens is 220 g/mol. The molecule has 0 aliphatic rings. The van der Waals surface area contributed by atoms with E-state index in [0.29, 0.717) is 5.69 Å². The molecule has 1 rings (SSSR count). The van der Waals surface area contributed by atoms with E-state index in [1.807, 2.05) is 6.07 Å². The molecule has 0 saturated heterocycles. The maximum Gasteiger partial charge on any atom is 0.221 e. The minimum absolute atomic E-state index is 0.0925. The van der Waals surface area contributed by atoms with Gasteiger partial charge >= 0.3 is 0 Å². The molecule has 0 bridgehead atoms. The number of hydrogen-bond donors (Lipinski definition) is 4. The lowest BCUT2D eigenvalue weighted by molar-refractivity contribution is -0.114. The minimum atomic E-state index is -0.299. The van der Waals surface area contributed by atoms with Crippen molar-refractivity contribution in [3.05, 3.63) is 24.3 Å². The van der Waals surface area contributed by atoms with E-state index in [0.717, 1.165) is 5.69 Å². The Bertz CT molecular complexity index is 431. The van der Waals surface area contributed by atoms with Gasteiger partial charge in [-0.25, -0.2) is 0 Å². The first-order chi connectivity index (χ1) is 8.02. The Morgan fingerprint density at radius 1 is 1.47 bits per heavy atom. The summed E-state index contributed by atoms with van der Waals surface area (Å²) in [5, 5.41) is 17.2. The lowest BCUT2D eigenvalue weighted by Gasteiger charge is -2.14. The smallest absolute Gasteiger partial charge is 0.221 e. The monoisotopic (exact) mass is 236 g/mol. The SMILES string of the molecule is CC(=O)Nc1cccc(NC(C)C(N)=NO)c1. The predicted molar refractivity (Wildman–Crippen MR) is 67.2 cm³/mol. The fourth-order valence-electron chi connectivity index (χ4n) is 1.30. The Balaban J connectivity index is 2.75. The molecule has 6 nitrogen and oxygen atoms in total. The van der Waals surface area contributed by atoms with Crippen molar-refractivity contribution in [1.29, 1.82) is 0 Å². The van der Waals surface area contributed by atoms with Crippen LogP contribution in [-0.2, 0) is 4.79 Å². The molecule has 17 heavy (non-hydrogen) atoms. The van der Waals surface area contributed by atoms with E-state index in [1.165, 1.54) is 6.92 Å². The van der Waals surface area contributed by atoms with Crippen molar-refractivity contribution in [1.82, 2.24) is 0 Å². The highest BCUT2D eigenvalue weighted by Crippen LogP contribution is 2.15. The van der Waals surface area contributed by atoms with E-state index >= 15 is 0 Å². The molecule has 1 atom stereocenters. The maximum atomic E-state index is 10.9. The number of carbonyl (C=O) groups excluding carboxylic acids is 1. The van der Waals surface area contributed by atoms with Crippen molar-refractivity contribution >= 4 is 23.1 Å². The summed E-state index contributed by atoms with van der Waals surface area (Å²) in [5.41, 5.74) is 6.91. The molecule has 0 radical (unpaired) electrons. The van der Waals surface area contributed by atoms with Crippen molar-refractivity contribution in [3.63, 3.8) is 0 Å². The third kappa shape index (κ3) is 4.02. The largest absolute Gasteiger partial charge is 0.409 e. The first-order valence-electron chi connectivity index (χ1n) is 5.14. The van der Waals surface area contributed by atoms with Crippen LogP contribution in [0.1, 0.15) is 13.8 Å². The number of rotatable bonds is 4. The molecule has 0 fully saturated rings. The summed E-state index contributed by atoms with van der Waals surface area (Å²) in [4.78, 5) is 10.9. The Hall–Kier alpha value is -2.24. The van der Waals surface area contributed by atoms with Crippen molar-refractivity contribution in [2.45, 2.75) is 19.9 Å². The molecule has 6 heteroatoms. The van der Waals surface area contributed by atoms with Gasteiger partial charge < -0.3 is 21.6 Å². The number of amidine groups is 1. The Morgan fingerprint density at radius 3 is 2.71 bits per heavy atom. The van der Waals surface area contributed by atoms with E-state index in [4.69, 9.17) is 10.9 Å². The number of carbonyl (C=O) groups is 1. The van der Waals surface area contributed by atoms with Crippen LogP contribution in [0.2, 0.25) is 0 Å². The molecule has 0 aliphatic heterocycles. The van der Waals surface area contributed by atoms with E-state index < -0.39 is 0 Å². The second-order valence-electron chi connectivity index (χ2n) is 3.65. The molecule has 1 aromatic carbocycles. The molecular formula is C11H16N4O2. The highest BCUT2D eigenvalue weighted by molar-refractivity contribution is 5.90. The first-order valence-corrected chi connectivity index (χ1v) is 5.14. The maximum absolute atomic E-state index is 10.9. The van der Waals surface area contributed by atoms with Crippen LogP contribution >= 0.6 is 0 Å². The topological polar surface area (TPSA) is 99.7 Å². The Labute approximate surface area is 99.5 Å². The summed E-state index contributed by atoms with van der Waals surface area (Å²) >= 11 is 0. The van der Waals surface area contributed by atoms with Gasteiger partial charge in [-0.05, 0) is 25.1 Å². The molecule has 92 valence electrons. The average molecular weight is 236 g/mol. The lowest BCUT2D eigenvalue weighted by atomic mass is 10.2. The van der Waals surface area contributed by atoms with Gasteiger partial charge in [0.25, 0.3) is 0 Å². The van der Waals surface area contributed by atoms with Crippen LogP contribution in [0.25, 0.3) is 0 Å². The number of hydrogen-bond acceptors (Lipinski definition) is 4. The van der Waals surface area contributed by atoms with Crippen LogP contribution in [0, 0.1) is 0 Å². The molecule has 0 aliphatic carbocycles. The Morgan fingerprint density at radius 2 is 2.12 bits per heavy atom. The van der Waals surface area contributed by atoms with Gasteiger partial charge in [0.1, 0.15) is 0 Å². The van der Waals surface area contributed by atoms with Crippen molar-refractivity contribution in [3.8, 4) is 0 Å². The number of benzene rings is 1. The zero-order chi connectivity index (χ0) is 12.8. The highest BCUT2D eigenvalue weighted by Gasteiger charge is 2.07. The first kappa shape index (κ1) is 12.8. The quantitative estimate of drug-likeness (QED) is 0.273. The summed E-state index contributed by atoms with van der Waals surface area (Å²) < 4.78 is 0. The van der Waals surface area contributed by atoms with Crippen LogP contribution in [0.3, 0.4) is 0 Å². The van der Waals surface area contributed by atoms with Gasteiger partial charge in [0.05, 0.1) is 6.04 Å². The van der Waals surface area contributed by atoms with Crippen LogP contribution in [0.15, 0.2) is 29.4 Å². The van der Waals surface area contributed by atoms with Crippen molar-refractivity contribution in [2.75, 3.05) is 10.6 Å². The Kier molecular flexibility index (Phi) is 4.33. The van der Waals surface area contributed by atoms with Gasteiger partial charge in [0.15, 0.2) is 5.84 Å². The molecule has 0 spiro atoms. The summed E-state index contributed by atoms with van der Waals surface area (Å²) in [6, 6.07) is 6.87. The van der Waals surface area contributed by atoms with E-state index in [1.54, 1.807) is 25.1 Å². The van der Waals surface area contributed by atoms with Gasteiger partial charge in [-0.3, -0.25) is 4.79 Å². The molecule has 0 heterocycles. The van der Waals surface area contributed by atoms with E-state index in [-0.39, 0.29) is 17.8 Å². The summed E-state index contributed by atoms with van der Waals surface area (Å²) in [5.74, 6) is -0.0402. The average Bonchev–Trinajstić information content (AvgIpc) is 2.27. The second-order valence-corrected chi connectivity index (χ2v) is 3.65. The van der Waals surface area contributed by atoms with Crippen LogP contribution < -0.4 is 16.4 Å². The fraction of sp³-hybridized carbons (Fsp3) is 0.273. The molecule has 5 N–H and O–H groups in total. The van der Waals surface area contributed by atoms with Crippen LogP contribution in [-0.4, -0.2) is 23.0 Å². The van der Waals surface area contributed by atoms with Gasteiger partial charge in [-0.1, -0.05) is 11.2 Å². The van der Waals surface area contributed by atoms with Crippen molar-refractivity contribution < 1.29 is 10.0 Å². The van der Waals surface area contributed by atoms with Crippen LogP contribution in [0.5, 0.6) is 0 Å². The normalized spacial score (nSPS) is 12.9. The van der Waals surface area contributed by atoms with Gasteiger partial charge in [0.2, 0.25) is 5.91 Å². The fourth-order valence-corrected chi connectivity index (χ4v) is 1.30.